The van der Waals surface area contributed by atoms with Crippen molar-refractivity contribution in [1.82, 2.24) is 15.5 Å². The van der Waals surface area contributed by atoms with Crippen LogP contribution in [0.1, 0.15) is 32.6 Å². The smallest absolute Gasteiger partial charge is 0.227 e. The summed E-state index contributed by atoms with van der Waals surface area (Å²) in [5, 5.41) is 6.20. The summed E-state index contributed by atoms with van der Waals surface area (Å²) >= 11 is 0. The topological polar surface area (TPSA) is 61.4 Å². The van der Waals surface area contributed by atoms with E-state index in [-0.39, 0.29) is 23.8 Å². The zero-order chi connectivity index (χ0) is 13.0. The molecule has 5 heteroatoms. The fourth-order valence-corrected chi connectivity index (χ4v) is 2.90. The summed E-state index contributed by atoms with van der Waals surface area (Å²) in [6.45, 7) is 4.88. The Balaban J connectivity index is 1.87. The Morgan fingerprint density at radius 3 is 2.78 bits per heavy atom. The summed E-state index contributed by atoms with van der Waals surface area (Å²) in [7, 11) is 0. The predicted octanol–water partition coefficient (Wildman–Crippen LogP) is 0.113. The standard InChI is InChI=1S/C13H23N3O2/c1-10(17)15-12-5-3-7-16(9-12)13(18)11-4-2-6-14-8-11/h11-12,14H,2-9H2,1H3,(H,15,17). The fraction of sp³-hybridized carbons (Fsp3) is 0.846. The summed E-state index contributed by atoms with van der Waals surface area (Å²) in [5.74, 6) is 0.390. The number of likely N-dealkylation sites (tertiary alicyclic amines) is 1. The number of nitrogens with zero attached hydrogens (tertiary/aromatic N) is 1. The number of rotatable bonds is 2. The molecule has 2 aliphatic heterocycles. The number of amides is 2. The maximum Gasteiger partial charge on any atom is 0.227 e. The van der Waals surface area contributed by atoms with Gasteiger partial charge in [-0.3, -0.25) is 9.59 Å². The zero-order valence-electron chi connectivity index (χ0n) is 11.1. The summed E-state index contributed by atoms with van der Waals surface area (Å²) in [4.78, 5) is 25.4. The van der Waals surface area contributed by atoms with Crippen LogP contribution in [0.5, 0.6) is 0 Å². The lowest BCUT2D eigenvalue weighted by Gasteiger charge is -2.36. The van der Waals surface area contributed by atoms with Crippen LogP contribution in [0.15, 0.2) is 0 Å². The van der Waals surface area contributed by atoms with Gasteiger partial charge in [-0.2, -0.15) is 0 Å². The lowest BCUT2D eigenvalue weighted by atomic mass is 9.96. The van der Waals surface area contributed by atoms with E-state index in [0.717, 1.165) is 45.3 Å². The Morgan fingerprint density at radius 1 is 1.28 bits per heavy atom. The Bertz CT molecular complexity index is 313. The highest BCUT2D eigenvalue weighted by atomic mass is 16.2. The first kappa shape index (κ1) is 13.3. The number of hydrogen-bond donors (Lipinski definition) is 2. The third-order valence-electron chi connectivity index (χ3n) is 3.79. The molecule has 2 rings (SSSR count). The number of carbonyl (C=O) groups is 2. The van der Waals surface area contributed by atoms with Gasteiger partial charge in [-0.05, 0) is 32.2 Å². The lowest BCUT2D eigenvalue weighted by Crippen LogP contribution is -2.52. The van der Waals surface area contributed by atoms with E-state index >= 15 is 0 Å². The zero-order valence-corrected chi connectivity index (χ0v) is 11.1. The van der Waals surface area contributed by atoms with E-state index < -0.39 is 0 Å². The fourth-order valence-electron chi connectivity index (χ4n) is 2.90. The Morgan fingerprint density at radius 2 is 2.11 bits per heavy atom. The molecular weight excluding hydrogens is 230 g/mol. The molecule has 0 aromatic carbocycles. The van der Waals surface area contributed by atoms with Crippen molar-refractivity contribution >= 4 is 11.8 Å². The molecule has 2 aliphatic rings. The van der Waals surface area contributed by atoms with Gasteiger partial charge in [0.2, 0.25) is 11.8 Å². The summed E-state index contributed by atoms with van der Waals surface area (Å²) in [6.07, 6.45) is 4.04. The molecule has 18 heavy (non-hydrogen) atoms. The monoisotopic (exact) mass is 253 g/mol. The van der Waals surface area contributed by atoms with E-state index in [1.807, 2.05) is 4.90 Å². The highest BCUT2D eigenvalue weighted by Gasteiger charge is 2.29. The molecule has 0 spiro atoms. The third kappa shape index (κ3) is 3.45. The number of carbonyl (C=O) groups excluding carboxylic acids is 2. The second-order valence-corrected chi connectivity index (χ2v) is 5.37. The van der Waals surface area contributed by atoms with Crippen LogP contribution in [-0.2, 0) is 9.59 Å². The molecule has 0 aromatic heterocycles. The summed E-state index contributed by atoms with van der Waals surface area (Å²) in [6, 6.07) is 0.136. The highest BCUT2D eigenvalue weighted by molar-refractivity contribution is 5.79. The van der Waals surface area contributed by atoms with Gasteiger partial charge in [-0.15, -0.1) is 0 Å². The molecule has 0 radical (unpaired) electrons. The molecule has 102 valence electrons. The molecule has 2 atom stereocenters. The van der Waals surface area contributed by atoms with Crippen LogP contribution < -0.4 is 10.6 Å². The van der Waals surface area contributed by atoms with E-state index in [9.17, 15) is 9.59 Å². The van der Waals surface area contributed by atoms with Crippen molar-refractivity contribution in [3.05, 3.63) is 0 Å². The minimum Gasteiger partial charge on any atom is -0.352 e. The van der Waals surface area contributed by atoms with Crippen LogP contribution in [0.4, 0.5) is 0 Å². The number of nitrogens with one attached hydrogen (secondary N) is 2. The van der Waals surface area contributed by atoms with Crippen LogP contribution >= 0.6 is 0 Å². The Hall–Kier alpha value is -1.10. The second kappa shape index (κ2) is 6.18. The maximum atomic E-state index is 12.4. The van der Waals surface area contributed by atoms with Crippen molar-refractivity contribution in [3.63, 3.8) is 0 Å². The van der Waals surface area contributed by atoms with E-state index in [1.54, 1.807) is 0 Å². The van der Waals surface area contributed by atoms with Crippen molar-refractivity contribution in [2.24, 2.45) is 5.92 Å². The number of piperidine rings is 2. The van der Waals surface area contributed by atoms with Crippen molar-refractivity contribution in [2.45, 2.75) is 38.6 Å². The highest BCUT2D eigenvalue weighted by Crippen LogP contribution is 2.17. The molecular formula is C13H23N3O2. The first-order valence-corrected chi connectivity index (χ1v) is 6.93. The first-order valence-electron chi connectivity index (χ1n) is 6.93. The van der Waals surface area contributed by atoms with Gasteiger partial charge >= 0.3 is 0 Å². The van der Waals surface area contributed by atoms with Gasteiger partial charge in [0.25, 0.3) is 0 Å². The van der Waals surface area contributed by atoms with Crippen molar-refractivity contribution in [3.8, 4) is 0 Å². The maximum absolute atomic E-state index is 12.4. The number of hydrogen-bond acceptors (Lipinski definition) is 3. The van der Waals surface area contributed by atoms with E-state index in [4.69, 9.17) is 0 Å². The molecule has 0 bridgehead atoms. The van der Waals surface area contributed by atoms with Gasteiger partial charge < -0.3 is 15.5 Å². The minimum atomic E-state index is -0.00590. The molecule has 5 nitrogen and oxygen atoms in total. The second-order valence-electron chi connectivity index (χ2n) is 5.37. The normalized spacial score (nSPS) is 28.8. The molecule has 2 saturated heterocycles. The first-order chi connectivity index (χ1) is 8.66. The van der Waals surface area contributed by atoms with Gasteiger partial charge in [0, 0.05) is 32.6 Å². The third-order valence-corrected chi connectivity index (χ3v) is 3.79. The van der Waals surface area contributed by atoms with Gasteiger partial charge in [0.1, 0.15) is 0 Å². The Kier molecular flexibility index (Phi) is 4.58. The molecule has 2 amide bonds. The average Bonchev–Trinajstić information content (AvgIpc) is 2.38. The molecule has 0 aliphatic carbocycles. The lowest BCUT2D eigenvalue weighted by molar-refractivity contribution is -0.138. The average molecular weight is 253 g/mol. The van der Waals surface area contributed by atoms with Crippen LogP contribution in [0.25, 0.3) is 0 Å². The molecule has 0 aromatic rings. The van der Waals surface area contributed by atoms with E-state index in [0.29, 0.717) is 6.54 Å². The SMILES string of the molecule is CC(=O)NC1CCCN(C(=O)C2CCCNC2)C1. The summed E-state index contributed by atoms with van der Waals surface area (Å²) in [5.41, 5.74) is 0. The van der Waals surface area contributed by atoms with Gasteiger partial charge in [-0.1, -0.05) is 0 Å². The van der Waals surface area contributed by atoms with Gasteiger partial charge in [-0.25, -0.2) is 0 Å². The molecule has 2 unspecified atom stereocenters. The van der Waals surface area contributed by atoms with Crippen LogP contribution in [0.2, 0.25) is 0 Å². The van der Waals surface area contributed by atoms with Crippen molar-refractivity contribution in [1.29, 1.82) is 0 Å². The van der Waals surface area contributed by atoms with Gasteiger partial charge in [0.05, 0.1) is 5.92 Å². The van der Waals surface area contributed by atoms with Crippen LogP contribution in [0, 0.1) is 5.92 Å². The Labute approximate surface area is 108 Å². The largest absolute Gasteiger partial charge is 0.352 e. The predicted molar refractivity (Wildman–Crippen MR) is 69.0 cm³/mol. The van der Waals surface area contributed by atoms with Crippen molar-refractivity contribution in [2.75, 3.05) is 26.2 Å². The molecule has 2 fully saturated rings. The van der Waals surface area contributed by atoms with Crippen molar-refractivity contribution < 1.29 is 9.59 Å². The minimum absolute atomic E-state index is 0.00590. The van der Waals surface area contributed by atoms with Crippen LogP contribution in [-0.4, -0.2) is 48.9 Å². The molecule has 0 saturated carbocycles. The van der Waals surface area contributed by atoms with E-state index in [2.05, 4.69) is 10.6 Å². The summed E-state index contributed by atoms with van der Waals surface area (Å²) < 4.78 is 0. The quantitative estimate of drug-likeness (QED) is 0.734. The van der Waals surface area contributed by atoms with Gasteiger partial charge in [0.15, 0.2) is 0 Å². The molecule has 2 N–H and O–H groups in total. The van der Waals surface area contributed by atoms with Crippen LogP contribution in [0.3, 0.4) is 0 Å². The molecule has 2 heterocycles. The van der Waals surface area contributed by atoms with E-state index in [1.165, 1.54) is 6.92 Å².